The first-order valence-corrected chi connectivity index (χ1v) is 9.24. The van der Waals surface area contributed by atoms with Crippen molar-refractivity contribution >= 4 is 33.2 Å². The number of hydrogen-bond donors (Lipinski definition) is 2. The first-order valence-electron chi connectivity index (χ1n) is 7.63. The molecule has 1 aromatic heterocycles. The molecule has 0 amide bonds. The molecule has 0 aliphatic heterocycles. The first-order chi connectivity index (χ1) is 11.7. The molecule has 2 aromatic rings. The Hall–Kier alpha value is -1.73. The number of guanidine groups is 1. The number of aliphatic imine (C=N–C) groups is 1. The number of nitrogens with one attached hydrogen (secondary N) is 2. The zero-order chi connectivity index (χ0) is 17.4. The Morgan fingerprint density at radius 2 is 2.00 bits per heavy atom. The maximum absolute atomic E-state index is 5.42. The van der Waals surface area contributed by atoms with E-state index in [1.165, 1.54) is 4.88 Å². The molecule has 0 radical (unpaired) electrons. The molecule has 1 heterocycles. The summed E-state index contributed by atoms with van der Waals surface area (Å²) in [5.41, 5.74) is 1.01. The summed E-state index contributed by atoms with van der Waals surface area (Å²) >= 11 is 5.19. The van der Waals surface area contributed by atoms with Crippen LogP contribution in [0.2, 0.25) is 0 Å². The Kier molecular flexibility index (Phi) is 7.39. The maximum Gasteiger partial charge on any atom is 0.191 e. The lowest BCUT2D eigenvalue weighted by atomic mass is 10.2. The van der Waals surface area contributed by atoms with Crippen molar-refractivity contribution < 1.29 is 9.47 Å². The molecule has 1 aromatic carbocycles. The Morgan fingerprint density at radius 1 is 1.17 bits per heavy atom. The van der Waals surface area contributed by atoms with E-state index in [1.807, 2.05) is 31.2 Å². The molecule has 0 spiro atoms. The summed E-state index contributed by atoms with van der Waals surface area (Å²) in [5, 5.41) is 6.60. The van der Waals surface area contributed by atoms with Gasteiger partial charge < -0.3 is 20.1 Å². The smallest absolute Gasteiger partial charge is 0.191 e. The molecule has 0 saturated carbocycles. The highest BCUT2D eigenvalue weighted by Gasteiger charge is 2.06. The molecule has 7 heteroatoms. The van der Waals surface area contributed by atoms with Crippen LogP contribution in [-0.2, 0) is 13.1 Å². The van der Waals surface area contributed by atoms with Gasteiger partial charge >= 0.3 is 0 Å². The van der Waals surface area contributed by atoms with Gasteiger partial charge in [0.15, 0.2) is 5.96 Å². The summed E-state index contributed by atoms with van der Waals surface area (Å²) in [6.07, 6.45) is 0. The van der Waals surface area contributed by atoms with E-state index in [-0.39, 0.29) is 0 Å². The second kappa shape index (κ2) is 9.54. The van der Waals surface area contributed by atoms with E-state index in [0.717, 1.165) is 39.9 Å². The van der Waals surface area contributed by atoms with Crippen molar-refractivity contribution in [3.05, 3.63) is 44.6 Å². The summed E-state index contributed by atoms with van der Waals surface area (Å²) < 4.78 is 11.8. The normalized spacial score (nSPS) is 11.2. The predicted molar refractivity (Wildman–Crippen MR) is 103 cm³/mol. The van der Waals surface area contributed by atoms with E-state index < -0.39 is 0 Å². The SMILES string of the molecule is CCNC(=NCc1ccc(OC)cc1OC)NCc1ccc(Br)s1. The van der Waals surface area contributed by atoms with E-state index >= 15 is 0 Å². The van der Waals surface area contributed by atoms with Crippen molar-refractivity contribution in [2.24, 2.45) is 4.99 Å². The van der Waals surface area contributed by atoms with Gasteiger partial charge in [-0.25, -0.2) is 4.99 Å². The number of halogens is 1. The van der Waals surface area contributed by atoms with Crippen LogP contribution in [0.25, 0.3) is 0 Å². The number of ether oxygens (including phenoxy) is 2. The third-order valence-corrected chi connectivity index (χ3v) is 4.93. The number of methoxy groups -OCH3 is 2. The minimum atomic E-state index is 0.524. The second-order valence-electron chi connectivity index (χ2n) is 4.93. The van der Waals surface area contributed by atoms with E-state index in [2.05, 4.69) is 37.6 Å². The Morgan fingerprint density at radius 3 is 2.62 bits per heavy atom. The lowest BCUT2D eigenvalue weighted by molar-refractivity contribution is 0.391. The fourth-order valence-electron chi connectivity index (χ4n) is 2.11. The molecule has 2 N–H and O–H groups in total. The van der Waals surface area contributed by atoms with Crippen molar-refractivity contribution in [2.75, 3.05) is 20.8 Å². The number of thiophene rings is 1. The fourth-order valence-corrected chi connectivity index (χ4v) is 3.53. The lowest BCUT2D eigenvalue weighted by Gasteiger charge is -2.12. The largest absolute Gasteiger partial charge is 0.497 e. The molecular formula is C17H22BrN3O2S. The first kappa shape index (κ1) is 18.6. The Bertz CT molecular complexity index is 688. The summed E-state index contributed by atoms with van der Waals surface area (Å²) in [6, 6.07) is 9.90. The lowest BCUT2D eigenvalue weighted by Crippen LogP contribution is -2.36. The van der Waals surface area contributed by atoms with Crippen LogP contribution in [0, 0.1) is 0 Å². The molecule has 0 saturated heterocycles. The standard InChI is InChI=1S/C17H22BrN3O2S/c1-4-19-17(21-11-14-7-8-16(18)24-14)20-10-12-5-6-13(22-2)9-15(12)23-3/h5-9H,4,10-11H2,1-3H3,(H2,19,20,21). The van der Waals surface area contributed by atoms with Gasteiger partial charge in [0.05, 0.1) is 31.1 Å². The van der Waals surface area contributed by atoms with Crippen molar-refractivity contribution in [2.45, 2.75) is 20.0 Å². The molecule has 5 nitrogen and oxygen atoms in total. The van der Waals surface area contributed by atoms with Crippen LogP contribution < -0.4 is 20.1 Å². The van der Waals surface area contributed by atoms with Gasteiger partial charge in [0.1, 0.15) is 11.5 Å². The third-order valence-electron chi connectivity index (χ3n) is 3.30. The zero-order valence-corrected chi connectivity index (χ0v) is 16.5. The molecule has 2 rings (SSSR count). The topological polar surface area (TPSA) is 54.9 Å². The van der Waals surface area contributed by atoms with Crippen LogP contribution in [0.3, 0.4) is 0 Å². The van der Waals surface area contributed by atoms with E-state index in [4.69, 9.17) is 9.47 Å². The van der Waals surface area contributed by atoms with Crippen LogP contribution in [0.4, 0.5) is 0 Å². The minimum absolute atomic E-state index is 0.524. The third kappa shape index (κ3) is 5.42. The average Bonchev–Trinajstić information content (AvgIpc) is 3.02. The van der Waals surface area contributed by atoms with E-state index in [9.17, 15) is 0 Å². The summed E-state index contributed by atoms with van der Waals surface area (Å²) in [7, 11) is 3.29. The number of rotatable bonds is 7. The molecule has 0 fully saturated rings. The molecule has 24 heavy (non-hydrogen) atoms. The molecule has 0 atom stereocenters. The number of hydrogen-bond acceptors (Lipinski definition) is 4. The summed E-state index contributed by atoms with van der Waals surface area (Å²) in [6.45, 7) is 4.12. The fraction of sp³-hybridized carbons (Fsp3) is 0.353. The Balaban J connectivity index is 2.04. The molecular weight excluding hydrogens is 390 g/mol. The van der Waals surface area contributed by atoms with E-state index in [1.54, 1.807) is 25.6 Å². The number of benzene rings is 1. The van der Waals surface area contributed by atoms with Crippen LogP contribution in [0.1, 0.15) is 17.4 Å². The van der Waals surface area contributed by atoms with Crippen LogP contribution >= 0.6 is 27.3 Å². The quantitative estimate of drug-likeness (QED) is 0.537. The highest BCUT2D eigenvalue weighted by molar-refractivity contribution is 9.11. The van der Waals surface area contributed by atoms with Crippen LogP contribution in [0.5, 0.6) is 11.5 Å². The molecule has 0 bridgehead atoms. The highest BCUT2D eigenvalue weighted by Crippen LogP contribution is 2.25. The van der Waals surface area contributed by atoms with Gasteiger partial charge in [-0.15, -0.1) is 11.3 Å². The second-order valence-corrected chi connectivity index (χ2v) is 7.48. The van der Waals surface area contributed by atoms with Crippen LogP contribution in [-0.4, -0.2) is 26.7 Å². The van der Waals surface area contributed by atoms with E-state index in [0.29, 0.717) is 6.54 Å². The van der Waals surface area contributed by atoms with Gasteiger partial charge in [0.2, 0.25) is 0 Å². The van der Waals surface area contributed by atoms with Crippen molar-refractivity contribution in [1.29, 1.82) is 0 Å². The average molecular weight is 412 g/mol. The predicted octanol–water partition coefficient (Wildman–Crippen LogP) is 3.78. The minimum Gasteiger partial charge on any atom is -0.497 e. The van der Waals surface area contributed by atoms with Gasteiger partial charge in [-0.1, -0.05) is 0 Å². The molecule has 0 aliphatic carbocycles. The summed E-state index contributed by atoms with van der Waals surface area (Å²) in [5.74, 6) is 2.32. The summed E-state index contributed by atoms with van der Waals surface area (Å²) in [4.78, 5) is 5.88. The van der Waals surface area contributed by atoms with Gasteiger partial charge in [-0.2, -0.15) is 0 Å². The van der Waals surface area contributed by atoms with Gasteiger partial charge in [-0.3, -0.25) is 0 Å². The molecule has 0 unspecified atom stereocenters. The molecule has 130 valence electrons. The molecule has 0 aliphatic rings. The van der Waals surface area contributed by atoms with Crippen LogP contribution in [0.15, 0.2) is 39.1 Å². The van der Waals surface area contributed by atoms with Gasteiger partial charge in [0.25, 0.3) is 0 Å². The van der Waals surface area contributed by atoms with Crippen molar-refractivity contribution in [3.63, 3.8) is 0 Å². The monoisotopic (exact) mass is 411 g/mol. The van der Waals surface area contributed by atoms with Crippen molar-refractivity contribution in [1.82, 2.24) is 10.6 Å². The zero-order valence-electron chi connectivity index (χ0n) is 14.1. The maximum atomic E-state index is 5.42. The van der Waals surface area contributed by atoms with Crippen molar-refractivity contribution in [3.8, 4) is 11.5 Å². The Labute approximate surface area is 155 Å². The number of nitrogens with zero attached hydrogens (tertiary/aromatic N) is 1. The van der Waals surface area contributed by atoms with Gasteiger partial charge in [-0.05, 0) is 47.1 Å². The van der Waals surface area contributed by atoms with Gasteiger partial charge in [0, 0.05) is 23.1 Å². The highest BCUT2D eigenvalue weighted by atomic mass is 79.9.